The molecule has 20 heavy (non-hydrogen) atoms. The number of nitrogens with one attached hydrogen (secondary N) is 1. The molecule has 1 aromatic carbocycles. The molecule has 2 rings (SSSR count). The lowest BCUT2D eigenvalue weighted by Crippen LogP contribution is -2.36. The third-order valence-electron chi connectivity index (χ3n) is 3.92. The molecule has 1 amide bonds. The maximum atomic E-state index is 13.7. The normalized spacial score (nSPS) is 17.9. The number of rotatable bonds is 5. The van der Waals surface area contributed by atoms with Gasteiger partial charge in [0.05, 0.1) is 0 Å². The zero-order valence-electron chi connectivity index (χ0n) is 11.7. The van der Waals surface area contributed by atoms with Crippen LogP contribution in [0.3, 0.4) is 0 Å². The number of benzene rings is 1. The fourth-order valence-corrected chi connectivity index (χ4v) is 2.52. The quantitative estimate of drug-likeness (QED) is 0.865. The number of amides is 1. The van der Waals surface area contributed by atoms with E-state index in [0.717, 1.165) is 26.1 Å². The summed E-state index contributed by atoms with van der Waals surface area (Å²) in [6.45, 7) is 4.09. The van der Waals surface area contributed by atoms with Gasteiger partial charge in [0.15, 0.2) is 0 Å². The molecule has 0 aromatic heterocycles. The maximum absolute atomic E-state index is 13.7. The van der Waals surface area contributed by atoms with Gasteiger partial charge in [0.25, 0.3) is 0 Å². The summed E-state index contributed by atoms with van der Waals surface area (Å²) in [6.07, 6.45) is 2.05. The SMILES string of the molecule is CC(NCc1cc(C(N)=O)ccc1F)C1CCOCC1. The average Bonchev–Trinajstić information content (AvgIpc) is 2.46. The van der Waals surface area contributed by atoms with Crippen LogP contribution in [0.5, 0.6) is 0 Å². The summed E-state index contributed by atoms with van der Waals surface area (Å²) in [5.74, 6) is -0.309. The first-order valence-corrected chi connectivity index (χ1v) is 6.97. The minimum atomic E-state index is -0.538. The van der Waals surface area contributed by atoms with Crippen molar-refractivity contribution in [2.45, 2.75) is 32.4 Å². The number of primary amides is 1. The average molecular weight is 280 g/mol. The number of carbonyl (C=O) groups excluding carboxylic acids is 1. The van der Waals surface area contributed by atoms with Gasteiger partial charge in [0, 0.05) is 36.9 Å². The van der Waals surface area contributed by atoms with Gasteiger partial charge in [-0.05, 0) is 43.9 Å². The Balaban J connectivity index is 1.95. The van der Waals surface area contributed by atoms with E-state index in [4.69, 9.17) is 10.5 Å². The Morgan fingerprint density at radius 2 is 2.20 bits per heavy atom. The third kappa shape index (κ3) is 3.77. The van der Waals surface area contributed by atoms with Crippen LogP contribution in [0.15, 0.2) is 18.2 Å². The Morgan fingerprint density at radius 3 is 2.85 bits per heavy atom. The third-order valence-corrected chi connectivity index (χ3v) is 3.92. The molecule has 1 fully saturated rings. The van der Waals surface area contributed by atoms with Crippen LogP contribution in [0.1, 0.15) is 35.7 Å². The zero-order valence-corrected chi connectivity index (χ0v) is 11.7. The summed E-state index contributed by atoms with van der Waals surface area (Å²) < 4.78 is 19.0. The van der Waals surface area contributed by atoms with E-state index in [-0.39, 0.29) is 11.9 Å². The van der Waals surface area contributed by atoms with Crippen LogP contribution in [0, 0.1) is 11.7 Å². The number of hydrogen-bond acceptors (Lipinski definition) is 3. The monoisotopic (exact) mass is 280 g/mol. The Morgan fingerprint density at radius 1 is 1.50 bits per heavy atom. The van der Waals surface area contributed by atoms with Gasteiger partial charge in [-0.25, -0.2) is 4.39 Å². The highest BCUT2D eigenvalue weighted by Gasteiger charge is 2.20. The number of halogens is 1. The standard InChI is InChI=1S/C15H21FN2O2/c1-10(11-4-6-20-7-5-11)18-9-13-8-12(15(17)19)2-3-14(13)16/h2-3,8,10-11,18H,4-7,9H2,1H3,(H2,17,19). The van der Waals surface area contributed by atoms with Crippen LogP contribution in [0.4, 0.5) is 4.39 Å². The van der Waals surface area contributed by atoms with Crippen LogP contribution in [-0.2, 0) is 11.3 Å². The molecule has 0 bridgehead atoms. The first-order chi connectivity index (χ1) is 9.58. The molecule has 110 valence electrons. The molecule has 1 aliphatic rings. The molecule has 1 atom stereocenters. The molecule has 0 radical (unpaired) electrons. The van der Waals surface area contributed by atoms with Gasteiger partial charge in [0.2, 0.25) is 5.91 Å². The molecule has 0 saturated carbocycles. The van der Waals surface area contributed by atoms with Gasteiger partial charge in [-0.15, -0.1) is 0 Å². The lowest BCUT2D eigenvalue weighted by Gasteiger charge is -2.28. The zero-order chi connectivity index (χ0) is 14.5. The Bertz CT molecular complexity index is 473. The van der Waals surface area contributed by atoms with E-state index in [2.05, 4.69) is 12.2 Å². The molecule has 0 spiro atoms. The van der Waals surface area contributed by atoms with Crippen LogP contribution >= 0.6 is 0 Å². The van der Waals surface area contributed by atoms with Crippen molar-refractivity contribution in [3.63, 3.8) is 0 Å². The summed E-state index contributed by atoms with van der Waals surface area (Å²) >= 11 is 0. The highest BCUT2D eigenvalue weighted by molar-refractivity contribution is 5.92. The van der Waals surface area contributed by atoms with Gasteiger partial charge < -0.3 is 15.8 Å². The first kappa shape index (κ1) is 14.9. The van der Waals surface area contributed by atoms with Gasteiger partial charge in [-0.3, -0.25) is 4.79 Å². The molecule has 1 saturated heterocycles. The number of carbonyl (C=O) groups is 1. The summed E-state index contributed by atoms with van der Waals surface area (Å²) in [7, 11) is 0. The van der Waals surface area contributed by atoms with E-state index in [1.807, 2.05) is 0 Å². The summed E-state index contributed by atoms with van der Waals surface area (Å²) in [4.78, 5) is 11.1. The second-order valence-corrected chi connectivity index (χ2v) is 5.29. The molecule has 4 nitrogen and oxygen atoms in total. The Hall–Kier alpha value is -1.46. The minimum absolute atomic E-state index is 0.288. The molecule has 1 aromatic rings. The fraction of sp³-hybridized carbons (Fsp3) is 0.533. The highest BCUT2D eigenvalue weighted by Crippen LogP contribution is 2.19. The maximum Gasteiger partial charge on any atom is 0.248 e. The van der Waals surface area contributed by atoms with Crippen LogP contribution in [0.25, 0.3) is 0 Å². The minimum Gasteiger partial charge on any atom is -0.381 e. The largest absolute Gasteiger partial charge is 0.381 e. The van der Waals surface area contributed by atoms with Crippen molar-refractivity contribution in [3.05, 3.63) is 35.1 Å². The number of nitrogens with two attached hydrogens (primary N) is 1. The van der Waals surface area contributed by atoms with Crippen molar-refractivity contribution >= 4 is 5.91 Å². The highest BCUT2D eigenvalue weighted by atomic mass is 19.1. The molecular formula is C15H21FN2O2. The molecule has 1 unspecified atom stereocenters. The second kappa shape index (κ2) is 6.81. The predicted molar refractivity (Wildman–Crippen MR) is 74.8 cm³/mol. The van der Waals surface area contributed by atoms with Crippen molar-refractivity contribution in [1.29, 1.82) is 0 Å². The van der Waals surface area contributed by atoms with E-state index in [0.29, 0.717) is 23.6 Å². The van der Waals surface area contributed by atoms with Crippen LogP contribution in [0.2, 0.25) is 0 Å². The van der Waals surface area contributed by atoms with Crippen molar-refractivity contribution in [3.8, 4) is 0 Å². The molecule has 1 aliphatic heterocycles. The van der Waals surface area contributed by atoms with E-state index in [1.165, 1.54) is 18.2 Å². The molecular weight excluding hydrogens is 259 g/mol. The van der Waals surface area contributed by atoms with Crippen molar-refractivity contribution in [1.82, 2.24) is 5.32 Å². The predicted octanol–water partition coefficient (Wildman–Crippen LogP) is 1.83. The van der Waals surface area contributed by atoms with Gasteiger partial charge >= 0.3 is 0 Å². The van der Waals surface area contributed by atoms with Crippen molar-refractivity contribution < 1.29 is 13.9 Å². The van der Waals surface area contributed by atoms with Crippen molar-refractivity contribution in [2.24, 2.45) is 11.7 Å². The lowest BCUT2D eigenvalue weighted by atomic mass is 9.93. The number of ether oxygens (including phenoxy) is 1. The second-order valence-electron chi connectivity index (χ2n) is 5.29. The van der Waals surface area contributed by atoms with Crippen LogP contribution < -0.4 is 11.1 Å². The van der Waals surface area contributed by atoms with Gasteiger partial charge in [-0.1, -0.05) is 0 Å². The molecule has 5 heteroatoms. The summed E-state index contributed by atoms with van der Waals surface area (Å²) in [5, 5.41) is 3.33. The smallest absolute Gasteiger partial charge is 0.248 e. The van der Waals surface area contributed by atoms with Gasteiger partial charge in [-0.2, -0.15) is 0 Å². The number of hydrogen-bond donors (Lipinski definition) is 2. The molecule has 0 aliphatic carbocycles. The van der Waals surface area contributed by atoms with Gasteiger partial charge in [0.1, 0.15) is 5.82 Å². The van der Waals surface area contributed by atoms with E-state index in [1.54, 1.807) is 0 Å². The summed E-state index contributed by atoms with van der Waals surface area (Å²) in [6, 6.07) is 4.50. The molecule has 1 heterocycles. The van der Waals surface area contributed by atoms with Crippen molar-refractivity contribution in [2.75, 3.05) is 13.2 Å². The van der Waals surface area contributed by atoms with E-state index < -0.39 is 5.91 Å². The lowest BCUT2D eigenvalue weighted by molar-refractivity contribution is 0.0557. The topological polar surface area (TPSA) is 64.3 Å². The van der Waals surface area contributed by atoms with E-state index >= 15 is 0 Å². The Labute approximate surface area is 118 Å². The van der Waals surface area contributed by atoms with Crippen LogP contribution in [-0.4, -0.2) is 25.2 Å². The first-order valence-electron chi connectivity index (χ1n) is 6.97. The Kier molecular flexibility index (Phi) is 5.09. The van der Waals surface area contributed by atoms with E-state index in [9.17, 15) is 9.18 Å². The fourth-order valence-electron chi connectivity index (χ4n) is 2.52. The summed E-state index contributed by atoms with van der Waals surface area (Å²) in [5.41, 5.74) is 6.02. The molecule has 3 N–H and O–H groups in total.